The van der Waals surface area contributed by atoms with Gasteiger partial charge in [0.05, 0.1) is 5.54 Å². The minimum absolute atomic E-state index is 0.348. The zero-order chi connectivity index (χ0) is 12.2. The van der Waals surface area contributed by atoms with Gasteiger partial charge in [-0.15, -0.1) is 0 Å². The lowest BCUT2D eigenvalue weighted by atomic mass is 9.83. The Bertz CT molecular complexity index is 348. The van der Waals surface area contributed by atoms with Gasteiger partial charge in [0, 0.05) is 0 Å². The van der Waals surface area contributed by atoms with Crippen molar-refractivity contribution in [1.82, 2.24) is 0 Å². The van der Waals surface area contributed by atoms with Crippen LogP contribution in [0.2, 0.25) is 0 Å². The Morgan fingerprint density at radius 3 is 2.31 bits per heavy atom. The first-order chi connectivity index (χ1) is 7.44. The summed E-state index contributed by atoms with van der Waals surface area (Å²) in [5.41, 5.74) is 11.6. The van der Waals surface area contributed by atoms with Crippen LogP contribution in [0.5, 0.6) is 0 Å². The van der Waals surface area contributed by atoms with Crippen molar-refractivity contribution in [1.29, 1.82) is 0 Å². The minimum atomic E-state index is -0.935. The van der Waals surface area contributed by atoms with Crippen molar-refractivity contribution in [3.63, 3.8) is 0 Å². The van der Waals surface area contributed by atoms with Gasteiger partial charge in [0.2, 0.25) is 5.91 Å². The van der Waals surface area contributed by atoms with Crippen LogP contribution in [0.15, 0.2) is 30.3 Å². The van der Waals surface area contributed by atoms with Crippen molar-refractivity contribution in [3.8, 4) is 0 Å². The van der Waals surface area contributed by atoms with Gasteiger partial charge in [-0.2, -0.15) is 0 Å². The molecule has 0 fully saturated rings. The van der Waals surface area contributed by atoms with Gasteiger partial charge in [0.1, 0.15) is 0 Å². The standard InChI is InChI=1S/C13H20N2O/c1-10(2)8-13(15,12(14)16)9-11-6-4-3-5-7-11/h3-7,10H,8-9,15H2,1-2H3,(H2,14,16)/t13-/m1/s1. The molecule has 0 heterocycles. The minimum Gasteiger partial charge on any atom is -0.368 e. The summed E-state index contributed by atoms with van der Waals surface area (Å²) in [7, 11) is 0. The Kier molecular flexibility index (Phi) is 4.07. The van der Waals surface area contributed by atoms with E-state index in [1.165, 1.54) is 0 Å². The van der Waals surface area contributed by atoms with Crippen molar-refractivity contribution in [2.24, 2.45) is 17.4 Å². The molecular formula is C13H20N2O. The zero-order valence-electron chi connectivity index (χ0n) is 9.94. The van der Waals surface area contributed by atoms with E-state index in [1.807, 2.05) is 44.2 Å². The van der Waals surface area contributed by atoms with Crippen LogP contribution in [0, 0.1) is 5.92 Å². The van der Waals surface area contributed by atoms with Crippen molar-refractivity contribution >= 4 is 5.91 Å². The Balaban J connectivity index is 2.83. The Morgan fingerprint density at radius 2 is 1.88 bits per heavy atom. The van der Waals surface area contributed by atoms with Crippen LogP contribution < -0.4 is 11.5 Å². The number of amides is 1. The van der Waals surface area contributed by atoms with E-state index < -0.39 is 11.4 Å². The second-order valence-electron chi connectivity index (χ2n) is 4.78. The molecule has 0 aliphatic heterocycles. The fourth-order valence-electron chi connectivity index (χ4n) is 1.95. The predicted octanol–water partition coefficient (Wildman–Crippen LogP) is 1.46. The lowest BCUT2D eigenvalue weighted by Gasteiger charge is -2.27. The topological polar surface area (TPSA) is 69.1 Å². The molecule has 1 aromatic carbocycles. The first kappa shape index (κ1) is 12.7. The van der Waals surface area contributed by atoms with E-state index in [1.54, 1.807) is 0 Å². The van der Waals surface area contributed by atoms with Gasteiger partial charge in [-0.05, 0) is 24.3 Å². The number of primary amides is 1. The molecular weight excluding hydrogens is 200 g/mol. The predicted molar refractivity (Wildman–Crippen MR) is 65.7 cm³/mol. The van der Waals surface area contributed by atoms with E-state index in [2.05, 4.69) is 0 Å². The Hall–Kier alpha value is -1.35. The van der Waals surface area contributed by atoms with Gasteiger partial charge in [-0.3, -0.25) is 4.79 Å². The van der Waals surface area contributed by atoms with E-state index in [9.17, 15) is 4.79 Å². The largest absolute Gasteiger partial charge is 0.368 e. The molecule has 0 aliphatic rings. The summed E-state index contributed by atoms with van der Waals surface area (Å²) in [6.07, 6.45) is 1.11. The third-order valence-electron chi connectivity index (χ3n) is 2.63. The molecule has 1 aromatic rings. The van der Waals surface area contributed by atoms with Gasteiger partial charge >= 0.3 is 0 Å². The Morgan fingerprint density at radius 1 is 1.31 bits per heavy atom. The zero-order valence-corrected chi connectivity index (χ0v) is 9.94. The molecule has 4 N–H and O–H groups in total. The molecule has 16 heavy (non-hydrogen) atoms. The summed E-state index contributed by atoms with van der Waals surface area (Å²) in [6.45, 7) is 4.07. The summed E-state index contributed by atoms with van der Waals surface area (Å²) in [6, 6.07) is 9.74. The van der Waals surface area contributed by atoms with Gasteiger partial charge in [-0.1, -0.05) is 44.2 Å². The first-order valence-corrected chi connectivity index (χ1v) is 5.57. The van der Waals surface area contributed by atoms with E-state index in [4.69, 9.17) is 11.5 Å². The van der Waals surface area contributed by atoms with Crippen molar-refractivity contribution in [3.05, 3.63) is 35.9 Å². The second-order valence-corrected chi connectivity index (χ2v) is 4.78. The highest BCUT2D eigenvalue weighted by molar-refractivity contribution is 5.84. The van der Waals surface area contributed by atoms with Crippen LogP contribution in [-0.4, -0.2) is 11.4 Å². The van der Waals surface area contributed by atoms with Gasteiger partial charge in [0.15, 0.2) is 0 Å². The van der Waals surface area contributed by atoms with Crippen LogP contribution in [0.4, 0.5) is 0 Å². The van der Waals surface area contributed by atoms with Gasteiger partial charge in [-0.25, -0.2) is 0 Å². The lowest BCUT2D eigenvalue weighted by Crippen LogP contribution is -2.54. The molecule has 3 nitrogen and oxygen atoms in total. The number of rotatable bonds is 5. The highest BCUT2D eigenvalue weighted by atomic mass is 16.1. The second kappa shape index (κ2) is 5.12. The highest BCUT2D eigenvalue weighted by Crippen LogP contribution is 2.19. The van der Waals surface area contributed by atoms with Crippen LogP contribution in [-0.2, 0) is 11.2 Å². The van der Waals surface area contributed by atoms with E-state index in [-0.39, 0.29) is 0 Å². The summed E-state index contributed by atoms with van der Waals surface area (Å²) >= 11 is 0. The maximum atomic E-state index is 11.5. The van der Waals surface area contributed by atoms with E-state index in [0.29, 0.717) is 18.8 Å². The molecule has 1 atom stereocenters. The summed E-state index contributed by atoms with van der Waals surface area (Å²) in [5.74, 6) is -0.0775. The molecule has 1 rings (SSSR count). The normalized spacial score (nSPS) is 14.8. The van der Waals surface area contributed by atoms with Crippen LogP contribution >= 0.6 is 0 Å². The molecule has 1 amide bonds. The number of carbonyl (C=O) groups excluding carboxylic acids is 1. The summed E-state index contributed by atoms with van der Waals surface area (Å²) in [5, 5.41) is 0. The van der Waals surface area contributed by atoms with Gasteiger partial charge in [0.25, 0.3) is 0 Å². The average Bonchev–Trinajstić information content (AvgIpc) is 2.17. The van der Waals surface area contributed by atoms with Crippen LogP contribution in [0.25, 0.3) is 0 Å². The van der Waals surface area contributed by atoms with E-state index in [0.717, 1.165) is 5.56 Å². The van der Waals surface area contributed by atoms with Crippen LogP contribution in [0.3, 0.4) is 0 Å². The first-order valence-electron chi connectivity index (χ1n) is 5.57. The smallest absolute Gasteiger partial charge is 0.237 e. The van der Waals surface area contributed by atoms with Crippen LogP contribution in [0.1, 0.15) is 25.8 Å². The van der Waals surface area contributed by atoms with Crippen molar-refractivity contribution in [2.75, 3.05) is 0 Å². The summed E-state index contributed by atoms with van der Waals surface area (Å²) in [4.78, 5) is 11.5. The number of benzene rings is 1. The molecule has 0 saturated carbocycles. The highest BCUT2D eigenvalue weighted by Gasteiger charge is 2.32. The van der Waals surface area contributed by atoms with Gasteiger partial charge < -0.3 is 11.5 Å². The summed E-state index contributed by atoms with van der Waals surface area (Å²) < 4.78 is 0. The quantitative estimate of drug-likeness (QED) is 0.788. The molecule has 0 unspecified atom stereocenters. The monoisotopic (exact) mass is 220 g/mol. The third kappa shape index (κ3) is 3.35. The van der Waals surface area contributed by atoms with E-state index >= 15 is 0 Å². The van der Waals surface area contributed by atoms with Crippen molar-refractivity contribution in [2.45, 2.75) is 32.2 Å². The SMILES string of the molecule is CC(C)C[C@@](N)(Cc1ccccc1)C(N)=O. The average molecular weight is 220 g/mol. The molecule has 0 bridgehead atoms. The third-order valence-corrected chi connectivity index (χ3v) is 2.63. The lowest BCUT2D eigenvalue weighted by molar-refractivity contribution is -0.123. The molecule has 3 heteroatoms. The Labute approximate surface area is 96.8 Å². The number of carbonyl (C=O) groups is 1. The molecule has 0 aromatic heterocycles. The van der Waals surface area contributed by atoms with Crippen molar-refractivity contribution < 1.29 is 4.79 Å². The molecule has 0 aliphatic carbocycles. The molecule has 0 saturated heterocycles. The molecule has 0 spiro atoms. The fraction of sp³-hybridized carbons (Fsp3) is 0.462. The molecule has 0 radical (unpaired) electrons. The fourth-order valence-corrected chi connectivity index (χ4v) is 1.95. The number of nitrogens with two attached hydrogens (primary N) is 2. The molecule has 88 valence electrons. The number of hydrogen-bond acceptors (Lipinski definition) is 2. The maximum absolute atomic E-state index is 11.5. The number of hydrogen-bond donors (Lipinski definition) is 2. The maximum Gasteiger partial charge on any atom is 0.237 e.